The highest BCUT2D eigenvalue weighted by Crippen LogP contribution is 2.36. The van der Waals surface area contributed by atoms with Gasteiger partial charge >= 0.3 is 8.56 Å². The van der Waals surface area contributed by atoms with Gasteiger partial charge in [0.05, 0.1) is 125 Å². The van der Waals surface area contributed by atoms with Crippen LogP contribution in [0.2, 0.25) is 12.1 Å². The van der Waals surface area contributed by atoms with E-state index >= 15 is 0 Å². The van der Waals surface area contributed by atoms with Gasteiger partial charge in [0.1, 0.15) is 11.5 Å². The average Bonchev–Trinajstić information content (AvgIpc) is 3.30. The van der Waals surface area contributed by atoms with Crippen molar-refractivity contribution in [3.63, 3.8) is 0 Å². The third-order valence-corrected chi connectivity index (χ3v) is 19.6. The number of nitrogens with one attached hydrogen (secondary N) is 2. The summed E-state index contributed by atoms with van der Waals surface area (Å²) in [6, 6.07) is -0.0263. The molecule has 0 radical (unpaired) electrons. The molecule has 73 heavy (non-hydrogen) atoms. The molecule has 0 saturated heterocycles. The maximum Gasteiger partial charge on any atom is 0.338 e. The molecule has 3 atom stereocenters. The highest BCUT2D eigenvalue weighted by Gasteiger charge is 2.46. The van der Waals surface area contributed by atoms with Crippen LogP contribution in [0.15, 0.2) is 0 Å². The van der Waals surface area contributed by atoms with Gasteiger partial charge in [0, 0.05) is 18.5 Å². The molecule has 440 valence electrons. The molecule has 0 heterocycles. The lowest BCUT2D eigenvalue weighted by molar-refractivity contribution is -0.890. The summed E-state index contributed by atoms with van der Waals surface area (Å²) in [5, 5.41) is 100. The van der Waals surface area contributed by atoms with Crippen LogP contribution in [-0.2, 0) is 39.2 Å². The van der Waals surface area contributed by atoms with E-state index < -0.39 is 157 Å². The first-order valence-corrected chi connectivity index (χ1v) is 33.2. The molecule has 0 aliphatic rings. The van der Waals surface area contributed by atoms with E-state index in [0.717, 1.165) is 32.2 Å². The molecular weight excluding hydrogens is 1040 g/mol. The number of aliphatic hydroxyl groups excluding tert-OH is 9. The van der Waals surface area contributed by atoms with Crippen molar-refractivity contribution in [1.82, 2.24) is 10.6 Å². The summed E-state index contributed by atoms with van der Waals surface area (Å²) in [5.74, 6) is -3.29. The van der Waals surface area contributed by atoms with E-state index in [1.54, 1.807) is 0 Å². The number of hydrogen-bond donors (Lipinski definition) is 13. The third kappa shape index (κ3) is 35.5. The van der Waals surface area contributed by atoms with Gasteiger partial charge in [-0.05, 0) is 50.6 Å². The number of unbranched alkanes of at least 4 members (excludes halogenated alkanes) is 15. The Morgan fingerprint density at radius 1 is 0.521 bits per heavy atom. The van der Waals surface area contributed by atoms with Crippen LogP contribution in [0.1, 0.15) is 135 Å². The van der Waals surface area contributed by atoms with E-state index in [1.165, 1.54) is 77.0 Å². The number of β-amino-alcohol motifs (C(OH)–C–C–N with tert-alkyl or cyclic N) is 2. The van der Waals surface area contributed by atoms with Crippen LogP contribution in [0, 0.1) is 5.41 Å². The Morgan fingerprint density at radius 2 is 0.890 bits per heavy atom. The second-order valence-electron chi connectivity index (χ2n) is 21.3. The van der Waals surface area contributed by atoms with Gasteiger partial charge in [0.25, 0.3) is 20.2 Å². The van der Waals surface area contributed by atoms with Gasteiger partial charge in [-0.1, -0.05) is 96.8 Å². The minimum atomic E-state index is -4.84. The standard InChI is InChI=1S/C46H99N3O20S3Si/c1-4-5-6-7-8-9-10-11-12-13-14-15-16-17-18-19-24-49(2,3)25-20-26-73(27-23-44(33-50,34-51)22-21-41(56)30-70(59,60)61,68-39-45(35-52,36-53)47-28-42(57)31-71(62,63)64)69-40-46(37-54,38-55)48-29-43(58)32-72(65,66)67/h41-43,47-48,50-58H,4-40H2,1-3H3,(H2-,59,60,61,62,63,64,65,66,67). The van der Waals surface area contributed by atoms with Gasteiger partial charge in [0.15, 0.2) is 0 Å². The topological polar surface area (TPSA) is 391 Å². The Labute approximate surface area is 438 Å². The first kappa shape index (κ1) is 72.4. The number of hydrogen-bond acceptors (Lipinski definition) is 20. The largest absolute Gasteiger partial charge is 0.748 e. The van der Waals surface area contributed by atoms with Crippen LogP contribution in [0.4, 0.5) is 0 Å². The lowest BCUT2D eigenvalue weighted by atomic mass is 9.81. The molecule has 0 aliphatic heterocycles. The fourth-order valence-corrected chi connectivity index (χ4v) is 14.0. The summed E-state index contributed by atoms with van der Waals surface area (Å²) in [6.07, 6.45) is 14.4. The van der Waals surface area contributed by atoms with E-state index in [4.69, 9.17) is 8.85 Å². The SMILES string of the molecule is CCCCCCCCCCCCCCCCCC[N+](C)(C)CCC[Si](CCC(CO)(CO)CCC(O)CS(=O)(=O)[O-])(OCC(CO)(CO)NCC(O)CS(=O)(=O)O)OCC(CO)(CO)NCC(O)CS(=O)(=O)O. The molecular formula is C46H99N3O20S3Si. The third-order valence-electron chi connectivity index (χ3n) is 13.7. The minimum absolute atomic E-state index is 0.105. The van der Waals surface area contributed by atoms with E-state index in [2.05, 4.69) is 31.7 Å². The summed E-state index contributed by atoms with van der Waals surface area (Å²) in [4.78, 5) is 0. The molecule has 0 saturated carbocycles. The highest BCUT2D eigenvalue weighted by molar-refractivity contribution is 7.86. The first-order chi connectivity index (χ1) is 34.1. The smallest absolute Gasteiger partial charge is 0.338 e. The fourth-order valence-electron chi connectivity index (χ4n) is 8.59. The van der Waals surface area contributed by atoms with Crippen molar-refractivity contribution in [1.29, 1.82) is 0 Å². The molecule has 0 amide bonds. The van der Waals surface area contributed by atoms with Gasteiger partial charge in [0.2, 0.25) is 0 Å². The van der Waals surface area contributed by atoms with E-state index in [-0.39, 0.29) is 31.4 Å². The van der Waals surface area contributed by atoms with Crippen molar-refractivity contribution < 1.29 is 98.2 Å². The zero-order chi connectivity index (χ0) is 55.7. The predicted molar refractivity (Wildman–Crippen MR) is 279 cm³/mol. The molecule has 0 aliphatic carbocycles. The number of quaternary nitrogens is 1. The monoisotopic (exact) mass is 1140 g/mol. The number of nitrogens with zero attached hydrogens (tertiary/aromatic N) is 1. The lowest BCUT2D eigenvalue weighted by Gasteiger charge is -2.42. The van der Waals surface area contributed by atoms with Gasteiger partial charge in [-0.15, -0.1) is 0 Å². The molecule has 3 unspecified atom stereocenters. The van der Waals surface area contributed by atoms with E-state index in [0.29, 0.717) is 17.4 Å². The molecule has 0 aromatic rings. The maximum absolute atomic E-state index is 11.5. The van der Waals surface area contributed by atoms with Crippen LogP contribution in [-0.4, -0.2) is 238 Å². The molecule has 0 fully saturated rings. The maximum atomic E-state index is 11.5. The van der Waals surface area contributed by atoms with Crippen LogP contribution in [0.25, 0.3) is 0 Å². The molecule has 0 bridgehead atoms. The molecule has 0 aromatic carbocycles. The van der Waals surface area contributed by atoms with Gasteiger partial charge in [-0.25, -0.2) is 8.42 Å². The quantitative estimate of drug-likeness (QED) is 0.0169. The first-order valence-electron chi connectivity index (χ1n) is 26.2. The molecule has 27 heteroatoms. The summed E-state index contributed by atoms with van der Waals surface area (Å²) in [6.45, 7) is -3.60. The van der Waals surface area contributed by atoms with Crippen molar-refractivity contribution in [3.05, 3.63) is 0 Å². The van der Waals surface area contributed by atoms with E-state index in [9.17, 15) is 84.9 Å². The van der Waals surface area contributed by atoms with Crippen LogP contribution in [0.5, 0.6) is 0 Å². The van der Waals surface area contributed by atoms with E-state index in [1.807, 2.05) is 0 Å². The van der Waals surface area contributed by atoms with Crippen LogP contribution >= 0.6 is 0 Å². The second-order valence-corrected chi connectivity index (χ2v) is 29.1. The normalized spacial score (nSPS) is 15.7. The van der Waals surface area contributed by atoms with Gasteiger partial charge in [-0.3, -0.25) is 9.11 Å². The Balaban J connectivity index is 6.61. The summed E-state index contributed by atoms with van der Waals surface area (Å²) in [7, 11) is -14.1. The fraction of sp³-hybridized carbons (Fsp3) is 1.00. The average molecular weight is 1140 g/mol. The van der Waals surface area contributed by atoms with Crippen molar-refractivity contribution in [2.75, 3.05) is 110 Å². The van der Waals surface area contributed by atoms with Crippen molar-refractivity contribution in [3.8, 4) is 0 Å². The van der Waals surface area contributed by atoms with Crippen molar-refractivity contribution in [2.45, 2.75) is 177 Å². The number of rotatable bonds is 51. The summed E-state index contributed by atoms with van der Waals surface area (Å²) < 4.78 is 112. The molecule has 0 rings (SSSR count). The highest BCUT2D eigenvalue weighted by atomic mass is 32.2. The van der Waals surface area contributed by atoms with Crippen molar-refractivity contribution >= 4 is 38.9 Å². The Kier molecular flexibility index (Phi) is 37.0. The molecule has 0 spiro atoms. The Hall–Kier alpha value is -0.613. The van der Waals surface area contributed by atoms with Crippen molar-refractivity contribution in [2.24, 2.45) is 5.41 Å². The van der Waals surface area contributed by atoms with Crippen LogP contribution < -0.4 is 10.6 Å². The predicted octanol–water partition coefficient (Wildman–Crippen LogP) is 0.361. The Bertz CT molecular complexity index is 1590. The lowest BCUT2D eigenvalue weighted by Crippen LogP contribution is -2.62. The zero-order valence-electron chi connectivity index (χ0n) is 44.2. The van der Waals surface area contributed by atoms with Gasteiger partial charge < -0.3 is 74.5 Å². The number of aliphatic hydroxyl groups is 9. The minimum Gasteiger partial charge on any atom is -0.748 e. The molecule has 0 aromatic heterocycles. The molecule has 13 N–H and O–H groups in total. The zero-order valence-corrected chi connectivity index (χ0v) is 47.6. The summed E-state index contributed by atoms with van der Waals surface area (Å²) in [5.41, 5.74) is -5.08. The van der Waals surface area contributed by atoms with Crippen LogP contribution in [0.3, 0.4) is 0 Å². The summed E-state index contributed by atoms with van der Waals surface area (Å²) >= 11 is 0. The molecule has 23 nitrogen and oxygen atoms in total. The Morgan fingerprint density at radius 3 is 1.23 bits per heavy atom. The van der Waals surface area contributed by atoms with Gasteiger partial charge in [-0.2, -0.15) is 16.8 Å². The second kappa shape index (κ2) is 37.3.